The second-order valence-electron chi connectivity index (χ2n) is 22.9. The highest BCUT2D eigenvalue weighted by Gasteiger charge is 2.25. The second kappa shape index (κ2) is 15.5. The molecule has 1 aromatic heterocycles. The van der Waals surface area contributed by atoms with Crippen LogP contribution in [0.4, 0.5) is 34.1 Å². The first-order chi connectivity index (χ1) is 31.2. The third kappa shape index (κ3) is 7.97. The van der Waals surface area contributed by atoms with Crippen LogP contribution >= 0.6 is 0 Å². The first-order valence-electron chi connectivity index (χ1n) is 23.8. The Kier molecular flexibility index (Phi) is 10.2. The van der Waals surface area contributed by atoms with Crippen molar-refractivity contribution in [2.75, 3.05) is 9.80 Å². The van der Waals surface area contributed by atoms with Gasteiger partial charge < -0.3 is 14.2 Å². The zero-order chi connectivity index (χ0) is 46.5. The number of anilines is 6. The van der Waals surface area contributed by atoms with Crippen LogP contribution in [0, 0.1) is 0 Å². The van der Waals surface area contributed by atoms with Crippen LogP contribution in [0.15, 0.2) is 162 Å². The lowest BCUT2D eigenvalue weighted by Gasteiger charge is -2.28. The summed E-state index contributed by atoms with van der Waals surface area (Å²) < 4.78 is 6.79. The molecule has 1 aliphatic carbocycles. The van der Waals surface area contributed by atoms with Crippen LogP contribution in [0.3, 0.4) is 0 Å². The highest BCUT2D eigenvalue weighted by Crippen LogP contribution is 2.46. The van der Waals surface area contributed by atoms with Gasteiger partial charge in [-0.25, -0.2) is 0 Å². The fourth-order valence-corrected chi connectivity index (χ4v) is 9.81. The highest BCUT2D eigenvalue weighted by molar-refractivity contribution is 6.11. The van der Waals surface area contributed by atoms with Gasteiger partial charge in [0.15, 0.2) is 0 Å². The number of furan rings is 1. The van der Waals surface area contributed by atoms with Gasteiger partial charge in [-0.1, -0.05) is 144 Å². The van der Waals surface area contributed by atoms with Crippen molar-refractivity contribution >= 4 is 66.8 Å². The smallest absolute Gasteiger partial charge is 0.137 e. The lowest BCUT2D eigenvalue weighted by atomic mass is 9.86. The molecule has 0 aliphatic heterocycles. The van der Waals surface area contributed by atoms with Crippen molar-refractivity contribution in [3.8, 4) is 11.1 Å². The Bertz CT molecular complexity index is 3150. The Morgan fingerprint density at radius 1 is 0.318 bits per heavy atom. The summed E-state index contributed by atoms with van der Waals surface area (Å²) in [7, 11) is 0. The van der Waals surface area contributed by atoms with Gasteiger partial charge in [-0.2, -0.15) is 0 Å². The van der Waals surface area contributed by atoms with Gasteiger partial charge in [-0.05, 0) is 174 Å². The third-order valence-electron chi connectivity index (χ3n) is 13.9. The van der Waals surface area contributed by atoms with Crippen LogP contribution in [-0.4, -0.2) is 0 Å². The van der Waals surface area contributed by atoms with E-state index in [1.54, 1.807) is 0 Å². The summed E-state index contributed by atoms with van der Waals surface area (Å²) >= 11 is 0. The monoisotopic (exact) mass is 865 g/mol. The van der Waals surface area contributed by atoms with E-state index in [0.29, 0.717) is 0 Å². The van der Waals surface area contributed by atoms with Crippen molar-refractivity contribution < 1.29 is 4.42 Å². The van der Waals surface area contributed by atoms with Gasteiger partial charge in [-0.15, -0.1) is 0 Å². The highest BCUT2D eigenvalue weighted by atomic mass is 16.3. The van der Waals surface area contributed by atoms with Gasteiger partial charge >= 0.3 is 0 Å². The zero-order valence-corrected chi connectivity index (χ0v) is 41.0. The Labute approximate surface area is 392 Å². The molecule has 0 saturated heterocycles. The van der Waals surface area contributed by atoms with Gasteiger partial charge in [0, 0.05) is 51.0 Å². The minimum atomic E-state index is 0.0724. The summed E-state index contributed by atoms with van der Waals surface area (Å²) in [6, 6.07) is 59.4. The number of nitrogens with zero attached hydrogens (tertiary/aromatic N) is 2. The zero-order valence-electron chi connectivity index (χ0n) is 41.0. The Morgan fingerprint density at radius 3 is 1.12 bits per heavy atom. The summed E-state index contributed by atoms with van der Waals surface area (Å²) in [6.07, 6.45) is 0.894. The number of rotatable bonds is 6. The van der Waals surface area contributed by atoms with E-state index in [1.807, 2.05) is 0 Å². The minimum Gasteiger partial charge on any atom is -0.456 e. The summed E-state index contributed by atoms with van der Waals surface area (Å²) in [6.45, 7) is 27.2. The quantitative estimate of drug-likeness (QED) is 0.166. The van der Waals surface area contributed by atoms with E-state index in [2.05, 4.69) is 251 Å². The third-order valence-corrected chi connectivity index (χ3v) is 13.9. The molecule has 0 N–H and O–H groups in total. The molecule has 0 saturated carbocycles. The van der Waals surface area contributed by atoms with Crippen molar-refractivity contribution in [3.05, 3.63) is 191 Å². The predicted molar refractivity (Wildman–Crippen MR) is 284 cm³/mol. The van der Waals surface area contributed by atoms with E-state index in [4.69, 9.17) is 4.42 Å². The van der Waals surface area contributed by atoms with Crippen LogP contribution < -0.4 is 9.80 Å². The molecule has 1 aliphatic rings. The van der Waals surface area contributed by atoms with Crippen LogP contribution in [0.2, 0.25) is 0 Å². The van der Waals surface area contributed by atoms with Gasteiger partial charge in [0.25, 0.3) is 0 Å². The summed E-state index contributed by atoms with van der Waals surface area (Å²) in [5, 5.41) is 4.70. The van der Waals surface area contributed by atoms with E-state index < -0.39 is 0 Å². The maximum atomic E-state index is 6.79. The van der Waals surface area contributed by atoms with Gasteiger partial charge in [0.2, 0.25) is 0 Å². The van der Waals surface area contributed by atoms with E-state index in [0.717, 1.165) is 56.8 Å². The molecule has 0 spiro atoms. The molecule has 0 unspecified atom stereocenters. The molecule has 10 rings (SSSR count). The van der Waals surface area contributed by atoms with Crippen molar-refractivity contribution in [2.45, 2.75) is 111 Å². The normalized spacial score (nSPS) is 13.1. The standard InChI is InChI=1S/C63H64N2O/c1-60(2,3)44-13-21-48(22-14-44)64(49-23-15-45(16-24-49)61(4,5)6)52-29-31-54-43(35-52)34-42-33-40-37-57-55-32-30-53(39-59(55)66-58(57)38-41(40)36-56(42)54)65(50-25-17-46(18-26-50)62(7,8)9)51-27-19-47(20-28-51)63(10,11)12/h13-33,35-39H,34H2,1-12H3. The first kappa shape index (κ1) is 43.3. The van der Waals surface area contributed by atoms with Crippen molar-refractivity contribution in [1.82, 2.24) is 0 Å². The first-order valence-corrected chi connectivity index (χ1v) is 23.8. The molecule has 3 nitrogen and oxygen atoms in total. The molecule has 9 aromatic rings. The summed E-state index contributed by atoms with van der Waals surface area (Å²) in [5.41, 5.74) is 19.5. The lowest BCUT2D eigenvalue weighted by molar-refractivity contribution is 0.590. The minimum absolute atomic E-state index is 0.0724. The fourth-order valence-electron chi connectivity index (χ4n) is 9.81. The largest absolute Gasteiger partial charge is 0.456 e. The fraction of sp³-hybridized carbons (Fsp3) is 0.270. The number of hydrogen-bond donors (Lipinski definition) is 0. The summed E-state index contributed by atoms with van der Waals surface area (Å²) in [5.74, 6) is 0. The average Bonchev–Trinajstić information content (AvgIpc) is 3.80. The molecule has 0 atom stereocenters. The molecule has 3 heteroatoms. The molecule has 0 fully saturated rings. The topological polar surface area (TPSA) is 19.6 Å². The Morgan fingerprint density at radius 2 is 0.682 bits per heavy atom. The lowest BCUT2D eigenvalue weighted by Crippen LogP contribution is -2.14. The maximum absolute atomic E-state index is 6.79. The SMILES string of the molecule is CC(C)(C)c1ccc(N(c2ccc(C(C)(C)C)cc2)c2ccc3c(c2)Cc2cc4cc5c(cc4cc2-3)oc2cc(N(c3ccc(C(C)(C)C)cc3)c3ccc(C(C)(C)C)cc3)ccc25)cc1. The van der Waals surface area contributed by atoms with Gasteiger partial charge in [-0.3, -0.25) is 0 Å². The number of hydrogen-bond acceptors (Lipinski definition) is 3. The molecule has 0 bridgehead atoms. The molecular weight excluding hydrogens is 801 g/mol. The number of benzene rings is 8. The second-order valence-corrected chi connectivity index (χ2v) is 22.9. The molecule has 66 heavy (non-hydrogen) atoms. The van der Waals surface area contributed by atoms with Gasteiger partial charge in [0.05, 0.1) is 0 Å². The van der Waals surface area contributed by atoms with Crippen LogP contribution in [0.1, 0.15) is 116 Å². The van der Waals surface area contributed by atoms with Crippen molar-refractivity contribution in [2.24, 2.45) is 0 Å². The van der Waals surface area contributed by atoms with E-state index in [9.17, 15) is 0 Å². The van der Waals surface area contributed by atoms with Crippen molar-refractivity contribution in [3.63, 3.8) is 0 Å². The molecule has 332 valence electrons. The molecule has 0 radical (unpaired) electrons. The average molecular weight is 865 g/mol. The number of fused-ring (bicyclic) bond motifs is 7. The molecular formula is C63H64N2O. The molecule has 0 amide bonds. The van der Waals surface area contributed by atoms with Crippen molar-refractivity contribution in [1.29, 1.82) is 0 Å². The Hall–Kier alpha value is -6.58. The van der Waals surface area contributed by atoms with E-state index in [1.165, 1.54) is 61.0 Å². The van der Waals surface area contributed by atoms with Gasteiger partial charge in [0.1, 0.15) is 11.2 Å². The molecule has 1 heterocycles. The van der Waals surface area contributed by atoms with Crippen LogP contribution in [0.5, 0.6) is 0 Å². The van der Waals surface area contributed by atoms with E-state index in [-0.39, 0.29) is 21.7 Å². The van der Waals surface area contributed by atoms with E-state index >= 15 is 0 Å². The summed E-state index contributed by atoms with van der Waals surface area (Å²) in [4.78, 5) is 4.76. The Balaban J connectivity index is 1.01. The molecule has 8 aromatic carbocycles. The maximum Gasteiger partial charge on any atom is 0.137 e. The van der Waals surface area contributed by atoms with Crippen LogP contribution in [0.25, 0.3) is 43.8 Å². The van der Waals surface area contributed by atoms with Crippen LogP contribution in [-0.2, 0) is 28.1 Å². The predicted octanol–water partition coefficient (Wildman–Crippen LogP) is 18.4.